The molecule has 0 radical (unpaired) electrons. The molecule has 1 N–H and O–H groups in total. The molecule has 1 amide bonds. The molecule has 6 heteroatoms. The molecule has 142 valence electrons. The topological polar surface area (TPSA) is 48.5 Å². The maximum atomic E-state index is 13.1. The van der Waals surface area contributed by atoms with Crippen molar-refractivity contribution < 1.29 is 9.18 Å². The normalized spacial score (nSPS) is 18.0. The summed E-state index contributed by atoms with van der Waals surface area (Å²) < 4.78 is 13.1. The first-order valence-electron chi connectivity index (χ1n) is 9.70. The van der Waals surface area contributed by atoms with E-state index in [1.54, 1.807) is 24.5 Å². The van der Waals surface area contributed by atoms with Crippen LogP contribution in [0.5, 0.6) is 0 Å². The number of nitrogens with one attached hydrogen (secondary N) is 1. The van der Waals surface area contributed by atoms with E-state index in [1.807, 2.05) is 11.0 Å². The standard InChI is InChI=1S/C21H25FN4O/c22-17-5-7-20(8-6-17)25-9-11-26(12-10-25)21(27)16-13-19(15-23-14-16)24-18-3-1-2-4-18/h5-8,13-15,18,24H,1-4,9-12H2. The van der Waals surface area contributed by atoms with E-state index in [1.165, 1.54) is 37.8 Å². The van der Waals surface area contributed by atoms with Crippen molar-refractivity contribution in [1.82, 2.24) is 9.88 Å². The van der Waals surface area contributed by atoms with Gasteiger partial charge in [-0.15, -0.1) is 0 Å². The van der Waals surface area contributed by atoms with Crippen LogP contribution in [0.2, 0.25) is 0 Å². The minimum Gasteiger partial charge on any atom is -0.381 e. The minimum absolute atomic E-state index is 0.0244. The van der Waals surface area contributed by atoms with Crippen LogP contribution >= 0.6 is 0 Å². The first kappa shape index (κ1) is 17.8. The lowest BCUT2D eigenvalue weighted by molar-refractivity contribution is 0.0746. The molecule has 2 heterocycles. The quantitative estimate of drug-likeness (QED) is 0.897. The van der Waals surface area contributed by atoms with Crippen LogP contribution in [-0.2, 0) is 0 Å². The van der Waals surface area contributed by atoms with Gasteiger partial charge in [0, 0.05) is 50.3 Å². The maximum Gasteiger partial charge on any atom is 0.255 e. The fraction of sp³-hybridized carbons (Fsp3) is 0.429. The van der Waals surface area contributed by atoms with E-state index in [-0.39, 0.29) is 11.7 Å². The number of rotatable bonds is 4. The Labute approximate surface area is 159 Å². The van der Waals surface area contributed by atoms with Crippen molar-refractivity contribution in [1.29, 1.82) is 0 Å². The Morgan fingerprint density at radius 2 is 1.74 bits per heavy atom. The van der Waals surface area contributed by atoms with Crippen molar-refractivity contribution >= 4 is 17.3 Å². The number of aromatic nitrogens is 1. The van der Waals surface area contributed by atoms with Crippen molar-refractivity contribution in [2.45, 2.75) is 31.7 Å². The van der Waals surface area contributed by atoms with Crippen molar-refractivity contribution in [3.05, 3.63) is 54.1 Å². The molecule has 0 spiro atoms. The summed E-state index contributed by atoms with van der Waals surface area (Å²) in [7, 11) is 0. The summed E-state index contributed by atoms with van der Waals surface area (Å²) in [4.78, 5) is 21.2. The van der Waals surface area contributed by atoms with Crippen LogP contribution in [0.1, 0.15) is 36.0 Å². The molecule has 2 aliphatic rings. The van der Waals surface area contributed by atoms with Crippen LogP contribution in [-0.4, -0.2) is 48.0 Å². The number of amides is 1. The van der Waals surface area contributed by atoms with Gasteiger partial charge in [-0.1, -0.05) is 12.8 Å². The second-order valence-electron chi connectivity index (χ2n) is 7.34. The van der Waals surface area contributed by atoms with Crippen molar-refractivity contribution in [2.24, 2.45) is 0 Å². The number of benzene rings is 1. The molecule has 1 aliphatic heterocycles. The number of halogens is 1. The number of carbonyl (C=O) groups excluding carboxylic acids is 1. The summed E-state index contributed by atoms with van der Waals surface area (Å²) in [6.07, 6.45) is 8.34. The number of pyridine rings is 1. The zero-order valence-electron chi connectivity index (χ0n) is 15.4. The van der Waals surface area contributed by atoms with E-state index in [2.05, 4.69) is 15.2 Å². The molecule has 1 saturated carbocycles. The SMILES string of the molecule is O=C(c1cncc(NC2CCCC2)c1)N1CCN(c2ccc(F)cc2)CC1. The third-order valence-corrected chi connectivity index (χ3v) is 5.47. The van der Waals surface area contributed by atoms with Crippen molar-refractivity contribution in [3.63, 3.8) is 0 Å². The van der Waals surface area contributed by atoms with E-state index in [0.717, 1.165) is 24.5 Å². The lowest BCUT2D eigenvalue weighted by Crippen LogP contribution is -2.48. The number of nitrogens with zero attached hydrogens (tertiary/aromatic N) is 3. The molecule has 0 atom stereocenters. The first-order chi connectivity index (χ1) is 13.2. The molecule has 1 aliphatic carbocycles. The number of hydrogen-bond donors (Lipinski definition) is 1. The van der Waals surface area contributed by atoms with Gasteiger partial charge in [-0.25, -0.2) is 4.39 Å². The number of carbonyl (C=O) groups is 1. The van der Waals surface area contributed by atoms with Gasteiger partial charge in [0.1, 0.15) is 5.82 Å². The Hall–Kier alpha value is -2.63. The van der Waals surface area contributed by atoms with Gasteiger partial charge in [-0.2, -0.15) is 0 Å². The molecule has 4 rings (SSSR count). The summed E-state index contributed by atoms with van der Waals surface area (Å²) in [5, 5.41) is 3.50. The first-order valence-corrected chi connectivity index (χ1v) is 9.70. The average Bonchev–Trinajstić information content (AvgIpc) is 3.21. The van der Waals surface area contributed by atoms with Gasteiger partial charge in [-0.05, 0) is 43.2 Å². The second kappa shape index (κ2) is 7.94. The molecule has 27 heavy (non-hydrogen) atoms. The fourth-order valence-corrected chi connectivity index (χ4v) is 3.94. The summed E-state index contributed by atoms with van der Waals surface area (Å²) in [6.45, 7) is 2.78. The van der Waals surface area contributed by atoms with Gasteiger partial charge in [0.05, 0.1) is 11.3 Å². The summed E-state index contributed by atoms with van der Waals surface area (Å²) in [5.74, 6) is -0.206. The van der Waals surface area contributed by atoms with Crippen LogP contribution in [0.4, 0.5) is 15.8 Å². The van der Waals surface area contributed by atoms with E-state index in [0.29, 0.717) is 24.7 Å². The van der Waals surface area contributed by atoms with Crippen molar-refractivity contribution in [3.8, 4) is 0 Å². The highest BCUT2D eigenvalue weighted by Crippen LogP contribution is 2.23. The minimum atomic E-state index is -0.230. The van der Waals surface area contributed by atoms with E-state index >= 15 is 0 Å². The predicted octanol–water partition coefficient (Wildman–Crippen LogP) is 3.54. The van der Waals surface area contributed by atoms with Gasteiger partial charge >= 0.3 is 0 Å². The molecule has 0 bridgehead atoms. The van der Waals surface area contributed by atoms with Gasteiger partial charge in [0.15, 0.2) is 0 Å². The van der Waals surface area contributed by atoms with Crippen LogP contribution in [0.15, 0.2) is 42.7 Å². The largest absolute Gasteiger partial charge is 0.381 e. The Bertz CT molecular complexity index is 781. The zero-order chi connectivity index (χ0) is 18.6. The fourth-order valence-electron chi connectivity index (χ4n) is 3.94. The second-order valence-corrected chi connectivity index (χ2v) is 7.34. The Kier molecular flexibility index (Phi) is 5.23. The van der Waals surface area contributed by atoms with Gasteiger partial charge in [-0.3, -0.25) is 9.78 Å². The highest BCUT2D eigenvalue weighted by molar-refractivity contribution is 5.95. The third-order valence-electron chi connectivity index (χ3n) is 5.47. The summed E-state index contributed by atoms with van der Waals surface area (Å²) in [5.41, 5.74) is 2.55. The molecular formula is C21H25FN4O. The number of anilines is 2. The van der Waals surface area contributed by atoms with Gasteiger partial charge in [0.2, 0.25) is 0 Å². The van der Waals surface area contributed by atoms with Gasteiger partial charge < -0.3 is 15.1 Å². The molecule has 1 aromatic heterocycles. The Morgan fingerprint density at radius 1 is 1.04 bits per heavy atom. The van der Waals surface area contributed by atoms with Crippen LogP contribution < -0.4 is 10.2 Å². The highest BCUT2D eigenvalue weighted by Gasteiger charge is 2.23. The molecule has 5 nitrogen and oxygen atoms in total. The summed E-state index contributed by atoms with van der Waals surface area (Å²) >= 11 is 0. The monoisotopic (exact) mass is 368 g/mol. The molecule has 1 saturated heterocycles. The van der Waals surface area contributed by atoms with Gasteiger partial charge in [0.25, 0.3) is 5.91 Å². The summed E-state index contributed by atoms with van der Waals surface area (Å²) in [6, 6.07) is 8.93. The highest BCUT2D eigenvalue weighted by atomic mass is 19.1. The molecular weight excluding hydrogens is 343 g/mol. The maximum absolute atomic E-state index is 13.1. The molecule has 0 unspecified atom stereocenters. The van der Waals surface area contributed by atoms with E-state index in [4.69, 9.17) is 0 Å². The lowest BCUT2D eigenvalue weighted by Gasteiger charge is -2.36. The molecule has 1 aromatic carbocycles. The van der Waals surface area contributed by atoms with Crippen LogP contribution in [0.25, 0.3) is 0 Å². The molecule has 2 aromatic rings. The predicted molar refractivity (Wildman–Crippen MR) is 105 cm³/mol. The Balaban J connectivity index is 1.36. The third kappa shape index (κ3) is 4.21. The van der Waals surface area contributed by atoms with Crippen molar-refractivity contribution in [2.75, 3.05) is 36.4 Å². The number of hydrogen-bond acceptors (Lipinski definition) is 4. The Morgan fingerprint density at radius 3 is 2.44 bits per heavy atom. The van der Waals surface area contributed by atoms with Crippen LogP contribution in [0.3, 0.4) is 0 Å². The lowest BCUT2D eigenvalue weighted by atomic mass is 10.2. The van der Waals surface area contributed by atoms with E-state index in [9.17, 15) is 9.18 Å². The zero-order valence-corrected chi connectivity index (χ0v) is 15.4. The van der Waals surface area contributed by atoms with E-state index < -0.39 is 0 Å². The number of piperazine rings is 1. The smallest absolute Gasteiger partial charge is 0.255 e. The van der Waals surface area contributed by atoms with Crippen LogP contribution in [0, 0.1) is 5.82 Å². The average molecular weight is 368 g/mol. The molecule has 2 fully saturated rings.